The molecule has 96 valence electrons. The van der Waals surface area contributed by atoms with Crippen LogP contribution in [0.1, 0.15) is 31.2 Å². The molecule has 0 aromatic heterocycles. The van der Waals surface area contributed by atoms with Crippen molar-refractivity contribution in [3.05, 3.63) is 35.9 Å². The van der Waals surface area contributed by atoms with Crippen LogP contribution in [0.5, 0.6) is 0 Å². The third kappa shape index (κ3) is 2.88. The van der Waals surface area contributed by atoms with Crippen molar-refractivity contribution in [1.29, 1.82) is 0 Å². The Balaban J connectivity index is 2.10. The van der Waals surface area contributed by atoms with Gasteiger partial charge in [0.05, 0.1) is 5.92 Å². The van der Waals surface area contributed by atoms with Crippen molar-refractivity contribution in [2.24, 2.45) is 0 Å². The summed E-state index contributed by atoms with van der Waals surface area (Å²) in [6.45, 7) is 1.63. The zero-order chi connectivity index (χ0) is 13.1. The van der Waals surface area contributed by atoms with E-state index < -0.39 is 5.97 Å². The van der Waals surface area contributed by atoms with Crippen molar-refractivity contribution in [3.63, 3.8) is 0 Å². The van der Waals surface area contributed by atoms with Gasteiger partial charge in [0.15, 0.2) is 0 Å². The molecule has 1 aromatic rings. The zero-order valence-electron chi connectivity index (χ0n) is 10.4. The summed E-state index contributed by atoms with van der Waals surface area (Å²) in [5.41, 5.74) is 0.929. The molecule has 1 aliphatic carbocycles. The Bertz CT molecular complexity index is 440. The number of carboxylic acids is 1. The number of amides is 1. The predicted molar refractivity (Wildman–Crippen MR) is 67.2 cm³/mol. The van der Waals surface area contributed by atoms with Crippen LogP contribution in [-0.2, 0) is 9.59 Å². The highest BCUT2D eigenvalue weighted by Crippen LogP contribution is 2.29. The molecule has 1 aromatic carbocycles. The van der Waals surface area contributed by atoms with Crippen molar-refractivity contribution in [3.8, 4) is 0 Å². The van der Waals surface area contributed by atoms with Crippen molar-refractivity contribution in [2.75, 3.05) is 6.54 Å². The highest BCUT2D eigenvalue weighted by Gasteiger charge is 2.35. The lowest BCUT2D eigenvalue weighted by atomic mass is 10.00. The molecule has 18 heavy (non-hydrogen) atoms. The molecule has 4 heteroatoms. The van der Waals surface area contributed by atoms with Gasteiger partial charge in [-0.25, -0.2) is 0 Å². The smallest absolute Gasteiger partial charge is 0.323 e. The Labute approximate surface area is 106 Å². The fraction of sp³-hybridized carbons (Fsp3) is 0.429. The van der Waals surface area contributed by atoms with Crippen LogP contribution in [0.15, 0.2) is 30.3 Å². The summed E-state index contributed by atoms with van der Waals surface area (Å²) in [6, 6.07) is 9.59. The summed E-state index contributed by atoms with van der Waals surface area (Å²) in [4.78, 5) is 24.6. The molecular weight excluding hydrogens is 230 g/mol. The number of hydrogen-bond donors (Lipinski definition) is 1. The minimum absolute atomic E-state index is 0.0916. The SMILES string of the molecule is C[C@H](C(=O)N(CC(=O)O)C1CC1)c1ccccc1. The van der Waals surface area contributed by atoms with E-state index in [0.717, 1.165) is 18.4 Å². The maximum Gasteiger partial charge on any atom is 0.323 e. The van der Waals surface area contributed by atoms with Crippen LogP contribution >= 0.6 is 0 Å². The Morgan fingerprint density at radius 3 is 2.44 bits per heavy atom. The van der Waals surface area contributed by atoms with E-state index in [1.54, 1.807) is 0 Å². The van der Waals surface area contributed by atoms with E-state index in [1.807, 2.05) is 37.3 Å². The molecule has 1 fully saturated rings. The monoisotopic (exact) mass is 247 g/mol. The molecule has 1 saturated carbocycles. The second-order valence-electron chi connectivity index (χ2n) is 4.72. The third-order valence-electron chi connectivity index (χ3n) is 3.25. The minimum Gasteiger partial charge on any atom is -0.480 e. The highest BCUT2D eigenvalue weighted by atomic mass is 16.4. The summed E-state index contributed by atoms with van der Waals surface area (Å²) in [7, 11) is 0. The molecule has 0 heterocycles. The summed E-state index contributed by atoms with van der Waals surface area (Å²) in [5.74, 6) is -1.33. The largest absolute Gasteiger partial charge is 0.480 e. The summed E-state index contributed by atoms with van der Waals surface area (Å²) < 4.78 is 0. The first-order chi connectivity index (χ1) is 8.59. The predicted octanol–water partition coefficient (Wildman–Crippen LogP) is 1.87. The molecule has 0 bridgehead atoms. The molecule has 4 nitrogen and oxygen atoms in total. The standard InChI is InChI=1S/C14H17NO3/c1-10(11-5-3-2-4-6-11)14(18)15(9-13(16)17)12-7-8-12/h2-6,10,12H,7-9H2,1H3,(H,16,17)/t10-/m0/s1. The van der Waals surface area contributed by atoms with E-state index in [9.17, 15) is 9.59 Å². The number of hydrogen-bond acceptors (Lipinski definition) is 2. The van der Waals surface area contributed by atoms with Gasteiger partial charge in [-0.1, -0.05) is 30.3 Å². The number of nitrogens with zero attached hydrogens (tertiary/aromatic N) is 1. The van der Waals surface area contributed by atoms with E-state index >= 15 is 0 Å². The lowest BCUT2D eigenvalue weighted by Gasteiger charge is -2.24. The summed E-state index contributed by atoms with van der Waals surface area (Å²) in [5, 5.41) is 8.87. The first-order valence-corrected chi connectivity index (χ1v) is 6.17. The average Bonchev–Trinajstić information content (AvgIpc) is 3.19. The van der Waals surface area contributed by atoms with E-state index in [4.69, 9.17) is 5.11 Å². The first kappa shape index (κ1) is 12.6. The molecule has 1 aliphatic rings. The van der Waals surface area contributed by atoms with Crippen molar-refractivity contribution in [2.45, 2.75) is 31.7 Å². The quantitative estimate of drug-likeness (QED) is 0.864. The Morgan fingerprint density at radius 2 is 1.94 bits per heavy atom. The fourth-order valence-electron chi connectivity index (χ4n) is 2.05. The Morgan fingerprint density at radius 1 is 1.33 bits per heavy atom. The molecule has 2 rings (SSSR count). The molecular formula is C14H17NO3. The van der Waals surface area contributed by atoms with Crippen molar-refractivity contribution >= 4 is 11.9 Å². The van der Waals surface area contributed by atoms with Gasteiger partial charge in [-0.2, -0.15) is 0 Å². The van der Waals surface area contributed by atoms with Crippen LogP contribution in [0.25, 0.3) is 0 Å². The zero-order valence-corrected chi connectivity index (χ0v) is 10.4. The molecule has 0 spiro atoms. The second-order valence-corrected chi connectivity index (χ2v) is 4.72. The van der Waals surface area contributed by atoms with E-state index in [0.29, 0.717) is 0 Å². The van der Waals surface area contributed by atoms with Crippen LogP contribution in [0.3, 0.4) is 0 Å². The topological polar surface area (TPSA) is 57.6 Å². The number of carbonyl (C=O) groups is 2. The lowest BCUT2D eigenvalue weighted by Crippen LogP contribution is -2.39. The molecule has 0 aliphatic heterocycles. The number of rotatable bonds is 5. The van der Waals surface area contributed by atoms with Crippen LogP contribution in [0.2, 0.25) is 0 Å². The Kier molecular flexibility index (Phi) is 3.65. The van der Waals surface area contributed by atoms with Gasteiger partial charge >= 0.3 is 5.97 Å². The minimum atomic E-state index is -0.949. The number of carbonyl (C=O) groups excluding carboxylic acids is 1. The summed E-state index contributed by atoms with van der Waals surface area (Å²) in [6.07, 6.45) is 1.83. The van der Waals surface area contributed by atoms with Gasteiger partial charge < -0.3 is 10.0 Å². The van der Waals surface area contributed by atoms with Crippen LogP contribution in [0, 0.1) is 0 Å². The van der Waals surface area contributed by atoms with Gasteiger partial charge in [-0.15, -0.1) is 0 Å². The number of aliphatic carboxylic acids is 1. The molecule has 1 atom stereocenters. The van der Waals surface area contributed by atoms with E-state index in [1.165, 1.54) is 4.90 Å². The van der Waals surface area contributed by atoms with Gasteiger partial charge in [-0.3, -0.25) is 9.59 Å². The van der Waals surface area contributed by atoms with Gasteiger partial charge in [0.25, 0.3) is 0 Å². The maximum absolute atomic E-state index is 12.3. The summed E-state index contributed by atoms with van der Waals surface area (Å²) >= 11 is 0. The molecule has 1 N–H and O–H groups in total. The normalized spacial score (nSPS) is 16.1. The molecule has 0 unspecified atom stereocenters. The molecule has 0 radical (unpaired) electrons. The molecule has 1 amide bonds. The van der Waals surface area contributed by atoms with Gasteiger partial charge in [0, 0.05) is 6.04 Å². The van der Waals surface area contributed by atoms with E-state index in [2.05, 4.69) is 0 Å². The van der Waals surface area contributed by atoms with Gasteiger partial charge in [0.1, 0.15) is 6.54 Å². The van der Waals surface area contributed by atoms with Crippen LogP contribution < -0.4 is 0 Å². The second kappa shape index (κ2) is 5.21. The average molecular weight is 247 g/mol. The number of benzene rings is 1. The lowest BCUT2D eigenvalue weighted by molar-refractivity contribution is -0.145. The van der Waals surface area contributed by atoms with Crippen molar-refractivity contribution in [1.82, 2.24) is 4.90 Å². The molecule has 0 saturated heterocycles. The van der Waals surface area contributed by atoms with E-state index in [-0.39, 0.29) is 24.4 Å². The number of carboxylic acid groups (broad SMARTS) is 1. The first-order valence-electron chi connectivity index (χ1n) is 6.17. The third-order valence-corrected chi connectivity index (χ3v) is 3.25. The van der Waals surface area contributed by atoms with Crippen LogP contribution in [0.4, 0.5) is 0 Å². The van der Waals surface area contributed by atoms with Gasteiger partial charge in [-0.05, 0) is 25.3 Å². The van der Waals surface area contributed by atoms with Gasteiger partial charge in [0.2, 0.25) is 5.91 Å². The van der Waals surface area contributed by atoms with Crippen molar-refractivity contribution < 1.29 is 14.7 Å². The Hall–Kier alpha value is -1.84. The maximum atomic E-state index is 12.3. The van der Waals surface area contributed by atoms with Crippen LogP contribution in [-0.4, -0.2) is 34.5 Å². The fourth-order valence-corrected chi connectivity index (χ4v) is 2.05. The highest BCUT2D eigenvalue weighted by molar-refractivity contribution is 5.87.